The third-order valence-corrected chi connectivity index (χ3v) is 5.80. The molecule has 0 aromatic heterocycles. The first kappa shape index (κ1) is 30.9. The number of carbonyl (C=O) groups excluding carboxylic acids is 2. The van der Waals surface area contributed by atoms with Gasteiger partial charge in [0.05, 0.1) is 0 Å². The van der Waals surface area contributed by atoms with Crippen LogP contribution in [0.5, 0.6) is 0 Å². The van der Waals surface area contributed by atoms with Crippen LogP contribution in [0.2, 0.25) is 0 Å². The predicted octanol–water partition coefficient (Wildman–Crippen LogP) is 4.48. The SMILES string of the molecule is CCCCCCCC/C=C\CCCCCCCC(=O)NC(C)(CO[PH](O)(O)O)C(=O)OC. The maximum absolute atomic E-state index is 12.2. The molecule has 8 nitrogen and oxygen atoms in total. The summed E-state index contributed by atoms with van der Waals surface area (Å²) < 4.78 is 9.18. The van der Waals surface area contributed by atoms with Gasteiger partial charge in [-0.3, -0.25) is 0 Å². The third kappa shape index (κ3) is 17.5. The van der Waals surface area contributed by atoms with E-state index in [0.29, 0.717) is 6.42 Å². The molecule has 0 heterocycles. The summed E-state index contributed by atoms with van der Waals surface area (Å²) >= 11 is 0. The van der Waals surface area contributed by atoms with Gasteiger partial charge < -0.3 is 0 Å². The van der Waals surface area contributed by atoms with Crippen LogP contribution in [0.15, 0.2) is 12.2 Å². The first-order valence-electron chi connectivity index (χ1n) is 12.0. The molecule has 0 aliphatic carbocycles. The molecule has 4 N–H and O–H groups in total. The van der Waals surface area contributed by atoms with Crippen LogP contribution in [0, 0.1) is 0 Å². The Hall–Kier alpha value is -1.05. The monoisotopic (exact) mass is 479 g/mol. The number of methoxy groups -OCH3 is 1. The summed E-state index contributed by atoms with van der Waals surface area (Å²) in [4.78, 5) is 51.1. The molecule has 32 heavy (non-hydrogen) atoms. The van der Waals surface area contributed by atoms with Crippen molar-refractivity contribution in [2.45, 2.75) is 109 Å². The molecule has 0 rings (SSSR count). The van der Waals surface area contributed by atoms with Crippen molar-refractivity contribution >= 4 is 20.0 Å². The normalized spacial score (nSPS) is 14.3. The van der Waals surface area contributed by atoms with Gasteiger partial charge in [-0.2, -0.15) is 0 Å². The number of esters is 1. The number of carbonyl (C=O) groups is 2. The van der Waals surface area contributed by atoms with Crippen molar-refractivity contribution in [1.29, 1.82) is 0 Å². The molecule has 0 aliphatic heterocycles. The number of rotatable bonds is 20. The molecule has 0 aromatic rings. The van der Waals surface area contributed by atoms with Crippen LogP contribution < -0.4 is 5.32 Å². The van der Waals surface area contributed by atoms with E-state index in [1.807, 2.05) is 0 Å². The topological polar surface area (TPSA) is 125 Å². The van der Waals surface area contributed by atoms with Gasteiger partial charge in [-0.15, -0.1) is 0 Å². The third-order valence-electron chi connectivity index (χ3n) is 5.27. The van der Waals surface area contributed by atoms with Gasteiger partial charge >= 0.3 is 130 Å². The Morgan fingerprint density at radius 2 is 1.38 bits per heavy atom. The molecule has 0 aromatic carbocycles. The van der Waals surface area contributed by atoms with Gasteiger partial charge in [0.15, 0.2) is 0 Å². The van der Waals surface area contributed by atoms with Crippen LogP contribution in [-0.4, -0.2) is 45.8 Å². The Balaban J connectivity index is 3.86. The molecule has 1 amide bonds. The zero-order valence-electron chi connectivity index (χ0n) is 20.2. The molecule has 0 bridgehead atoms. The standard InChI is InChI=1S/C23H46NO7P/c1-4-5-6-7-8-9-10-11-12-13-14-15-16-17-18-19-21(25)24-23(2,22(26)30-3)20-31-32(27,28)29/h11-12,27-29,32H,4-10,13-20H2,1-3H3,(H,24,25)/b12-11-. The van der Waals surface area contributed by atoms with Crippen LogP contribution in [0.25, 0.3) is 0 Å². The average molecular weight is 480 g/mol. The Bertz CT molecular complexity index is 537. The Morgan fingerprint density at radius 1 is 0.875 bits per heavy atom. The minimum atomic E-state index is -4.80. The van der Waals surface area contributed by atoms with Crippen molar-refractivity contribution in [1.82, 2.24) is 5.32 Å². The molecule has 0 spiro atoms. The number of unbranched alkanes of at least 4 members (excludes halogenated alkanes) is 11. The number of ether oxygens (including phenoxy) is 1. The van der Waals surface area contributed by atoms with Gasteiger partial charge in [0.2, 0.25) is 0 Å². The number of hydrogen-bond acceptors (Lipinski definition) is 7. The van der Waals surface area contributed by atoms with Gasteiger partial charge in [0.1, 0.15) is 0 Å². The van der Waals surface area contributed by atoms with Crippen LogP contribution in [0.1, 0.15) is 104 Å². The van der Waals surface area contributed by atoms with E-state index in [1.54, 1.807) is 0 Å². The second-order valence-corrected chi connectivity index (χ2v) is 10.0. The average Bonchev–Trinajstić information content (AvgIpc) is 2.74. The summed E-state index contributed by atoms with van der Waals surface area (Å²) in [6.45, 7) is 2.98. The van der Waals surface area contributed by atoms with Crippen molar-refractivity contribution in [3.8, 4) is 0 Å². The van der Waals surface area contributed by atoms with Crippen molar-refractivity contribution in [2.75, 3.05) is 13.7 Å². The molecule has 190 valence electrons. The Morgan fingerprint density at radius 3 is 1.88 bits per heavy atom. The second-order valence-electron chi connectivity index (χ2n) is 8.57. The molecule has 0 radical (unpaired) electrons. The molecule has 0 saturated heterocycles. The van der Waals surface area contributed by atoms with E-state index in [-0.39, 0.29) is 12.3 Å². The maximum atomic E-state index is 12.2. The van der Waals surface area contributed by atoms with Crippen LogP contribution in [0.4, 0.5) is 0 Å². The molecule has 0 aliphatic rings. The zero-order valence-corrected chi connectivity index (χ0v) is 21.2. The van der Waals surface area contributed by atoms with Gasteiger partial charge in [0.25, 0.3) is 0 Å². The van der Waals surface area contributed by atoms with E-state index in [2.05, 4.69) is 33.7 Å². The minimum absolute atomic E-state index is 0.241. The van der Waals surface area contributed by atoms with E-state index in [0.717, 1.165) is 39.2 Å². The fraction of sp³-hybridized carbons (Fsp3) is 0.826. The molecular weight excluding hydrogens is 433 g/mol. The fourth-order valence-corrected chi connectivity index (χ4v) is 3.82. The molecule has 0 saturated carbocycles. The van der Waals surface area contributed by atoms with Crippen molar-refractivity contribution in [3.63, 3.8) is 0 Å². The van der Waals surface area contributed by atoms with Crippen LogP contribution in [-0.2, 0) is 18.8 Å². The first-order valence-corrected chi connectivity index (χ1v) is 13.7. The summed E-state index contributed by atoms with van der Waals surface area (Å²) in [5.41, 5.74) is -1.61. The van der Waals surface area contributed by atoms with Gasteiger partial charge in [-0.05, 0) is 12.8 Å². The van der Waals surface area contributed by atoms with Gasteiger partial charge in [-0.25, -0.2) is 0 Å². The number of nitrogens with one attached hydrogen (secondary N) is 1. The number of amides is 1. The van der Waals surface area contributed by atoms with Gasteiger partial charge in [0, 0.05) is 0 Å². The molecule has 0 fully saturated rings. The summed E-state index contributed by atoms with van der Waals surface area (Å²) in [6, 6.07) is 0. The van der Waals surface area contributed by atoms with E-state index in [9.17, 15) is 9.59 Å². The fourth-order valence-electron chi connectivity index (χ4n) is 3.34. The molecule has 1 unspecified atom stereocenters. The Labute approximate surface area is 194 Å². The van der Waals surface area contributed by atoms with Crippen molar-refractivity contribution < 1.29 is 33.5 Å². The summed E-state index contributed by atoms with van der Waals surface area (Å²) in [6.07, 6.45) is 20.0. The zero-order chi connectivity index (χ0) is 24.3. The molecule has 9 heteroatoms. The van der Waals surface area contributed by atoms with Crippen molar-refractivity contribution in [2.24, 2.45) is 0 Å². The van der Waals surface area contributed by atoms with Crippen LogP contribution >= 0.6 is 8.17 Å². The van der Waals surface area contributed by atoms with Gasteiger partial charge in [-0.1, -0.05) is 51.2 Å². The van der Waals surface area contributed by atoms with Crippen LogP contribution in [0.3, 0.4) is 0 Å². The Kier molecular flexibility index (Phi) is 17.8. The number of hydrogen-bond donors (Lipinski definition) is 4. The van der Waals surface area contributed by atoms with E-state index >= 15 is 0 Å². The summed E-state index contributed by atoms with van der Waals surface area (Å²) in [5.74, 6) is -1.16. The molecule has 1 atom stereocenters. The first-order chi connectivity index (χ1) is 15.1. The quantitative estimate of drug-likeness (QED) is 0.0878. The molecular formula is C23H46NO7P. The van der Waals surface area contributed by atoms with Crippen molar-refractivity contribution in [3.05, 3.63) is 12.2 Å². The summed E-state index contributed by atoms with van der Waals surface area (Å²) in [7, 11) is -3.65. The van der Waals surface area contributed by atoms with E-state index < -0.39 is 26.3 Å². The number of allylic oxidation sites excluding steroid dienone is 2. The van der Waals surface area contributed by atoms with E-state index in [4.69, 9.17) is 14.7 Å². The summed E-state index contributed by atoms with van der Waals surface area (Å²) in [5, 5.41) is 2.51. The second kappa shape index (κ2) is 18.4. The van der Waals surface area contributed by atoms with E-state index in [1.165, 1.54) is 51.9 Å². The predicted molar refractivity (Wildman–Crippen MR) is 129 cm³/mol.